The molecule has 2 aromatic rings. The Hall–Kier alpha value is -2.72. The molecule has 0 atom stereocenters. The zero-order valence-corrected chi connectivity index (χ0v) is 13.3. The smallest absolute Gasteiger partial charge is 0.336 e. The standard InChI is InChI=1S/C14H15F3N6O2/c1-21-12(14(15,16)17)20-23(13(21)25)9-3-7-22(8-4-9)11(24)10-18-5-2-6-19-10/h2,5-6,9H,3-4,7-8H2,1H3. The molecule has 0 aromatic carbocycles. The van der Waals surface area contributed by atoms with Gasteiger partial charge in [0.1, 0.15) is 0 Å². The van der Waals surface area contributed by atoms with Gasteiger partial charge >= 0.3 is 11.9 Å². The van der Waals surface area contributed by atoms with Crippen molar-refractivity contribution in [2.75, 3.05) is 13.1 Å². The summed E-state index contributed by atoms with van der Waals surface area (Å²) in [6, 6.07) is 1.10. The van der Waals surface area contributed by atoms with E-state index in [0.29, 0.717) is 17.4 Å². The second kappa shape index (κ2) is 6.30. The number of carbonyl (C=O) groups excluding carboxylic acids is 1. The van der Waals surface area contributed by atoms with Gasteiger partial charge in [-0.05, 0) is 18.9 Å². The van der Waals surface area contributed by atoms with Gasteiger partial charge in [0.25, 0.3) is 5.91 Å². The monoisotopic (exact) mass is 356 g/mol. The van der Waals surface area contributed by atoms with Crippen LogP contribution in [0.25, 0.3) is 0 Å². The SMILES string of the molecule is Cn1c(C(F)(F)F)nn(C2CCN(C(=O)c3ncccn3)CC2)c1=O. The van der Waals surface area contributed by atoms with Gasteiger partial charge in [-0.25, -0.2) is 19.4 Å². The maximum Gasteiger partial charge on any atom is 0.451 e. The molecule has 0 aliphatic carbocycles. The lowest BCUT2D eigenvalue weighted by Crippen LogP contribution is -2.41. The number of hydrogen-bond acceptors (Lipinski definition) is 5. The van der Waals surface area contributed by atoms with Crippen molar-refractivity contribution in [3.63, 3.8) is 0 Å². The van der Waals surface area contributed by atoms with Gasteiger partial charge < -0.3 is 4.90 Å². The van der Waals surface area contributed by atoms with Crippen molar-refractivity contribution >= 4 is 5.91 Å². The first-order valence-electron chi connectivity index (χ1n) is 7.58. The fraction of sp³-hybridized carbons (Fsp3) is 0.500. The molecule has 3 rings (SSSR count). The molecule has 0 radical (unpaired) electrons. The minimum atomic E-state index is -4.69. The minimum Gasteiger partial charge on any atom is -0.336 e. The van der Waals surface area contributed by atoms with Crippen molar-refractivity contribution in [3.8, 4) is 0 Å². The molecule has 0 bridgehead atoms. The summed E-state index contributed by atoms with van der Waals surface area (Å²) >= 11 is 0. The van der Waals surface area contributed by atoms with E-state index in [9.17, 15) is 22.8 Å². The van der Waals surface area contributed by atoms with E-state index in [2.05, 4.69) is 15.1 Å². The Balaban J connectivity index is 1.73. The van der Waals surface area contributed by atoms with Crippen molar-refractivity contribution in [3.05, 3.63) is 40.6 Å². The topological polar surface area (TPSA) is 85.9 Å². The van der Waals surface area contributed by atoms with Crippen LogP contribution in [-0.4, -0.2) is 48.2 Å². The third-order valence-electron chi connectivity index (χ3n) is 4.11. The Morgan fingerprint density at radius 2 is 1.80 bits per heavy atom. The summed E-state index contributed by atoms with van der Waals surface area (Å²) in [5.41, 5.74) is -0.816. The molecule has 0 N–H and O–H groups in total. The van der Waals surface area contributed by atoms with Crippen LogP contribution in [0.1, 0.15) is 35.3 Å². The van der Waals surface area contributed by atoms with Crippen LogP contribution in [0.5, 0.6) is 0 Å². The zero-order chi connectivity index (χ0) is 18.2. The van der Waals surface area contributed by atoms with Gasteiger partial charge in [0.05, 0.1) is 6.04 Å². The molecular formula is C14H15F3N6O2. The average Bonchev–Trinajstić information content (AvgIpc) is 2.91. The number of piperidine rings is 1. The van der Waals surface area contributed by atoms with Gasteiger partial charge in [-0.1, -0.05) is 0 Å². The maximum absolute atomic E-state index is 12.9. The highest BCUT2D eigenvalue weighted by Gasteiger charge is 2.39. The summed E-state index contributed by atoms with van der Waals surface area (Å²) in [7, 11) is 1.04. The molecule has 2 aromatic heterocycles. The van der Waals surface area contributed by atoms with Crippen LogP contribution >= 0.6 is 0 Å². The first-order chi connectivity index (χ1) is 11.8. The van der Waals surface area contributed by atoms with E-state index in [0.717, 1.165) is 11.7 Å². The van der Waals surface area contributed by atoms with Crippen LogP contribution in [-0.2, 0) is 13.2 Å². The molecule has 3 heterocycles. The van der Waals surface area contributed by atoms with Crippen molar-refractivity contribution in [2.45, 2.75) is 25.1 Å². The van der Waals surface area contributed by atoms with E-state index < -0.39 is 23.7 Å². The molecule has 1 amide bonds. The van der Waals surface area contributed by atoms with Crippen molar-refractivity contribution in [1.29, 1.82) is 0 Å². The van der Waals surface area contributed by atoms with Crippen LogP contribution in [0.4, 0.5) is 13.2 Å². The van der Waals surface area contributed by atoms with Gasteiger partial charge in [-0.3, -0.25) is 9.36 Å². The minimum absolute atomic E-state index is 0.0651. The fourth-order valence-corrected chi connectivity index (χ4v) is 2.81. The van der Waals surface area contributed by atoms with Crippen LogP contribution < -0.4 is 5.69 Å². The predicted octanol–water partition coefficient (Wildman–Crippen LogP) is 0.868. The molecule has 8 nitrogen and oxygen atoms in total. The van der Waals surface area contributed by atoms with Crippen molar-refractivity contribution in [2.24, 2.45) is 7.05 Å². The highest BCUT2D eigenvalue weighted by molar-refractivity contribution is 5.90. The van der Waals surface area contributed by atoms with Gasteiger partial charge in [0.2, 0.25) is 11.6 Å². The average molecular weight is 356 g/mol. The molecule has 1 saturated heterocycles. The molecule has 11 heteroatoms. The second-order valence-electron chi connectivity index (χ2n) is 5.70. The van der Waals surface area contributed by atoms with Crippen LogP contribution in [0.2, 0.25) is 0 Å². The molecule has 0 spiro atoms. The summed E-state index contributed by atoms with van der Waals surface area (Å²) in [6.07, 6.45) is -1.13. The number of nitrogens with zero attached hydrogens (tertiary/aromatic N) is 6. The second-order valence-corrected chi connectivity index (χ2v) is 5.70. The summed E-state index contributed by atoms with van der Waals surface area (Å²) in [4.78, 5) is 33.6. The van der Waals surface area contributed by atoms with Crippen LogP contribution in [0.3, 0.4) is 0 Å². The first-order valence-corrected chi connectivity index (χ1v) is 7.58. The number of carbonyl (C=O) groups is 1. The Kier molecular flexibility index (Phi) is 4.31. The number of aromatic nitrogens is 5. The molecule has 1 aliphatic heterocycles. The summed E-state index contributed by atoms with van der Waals surface area (Å²) in [6.45, 7) is 0.568. The number of halogens is 3. The summed E-state index contributed by atoms with van der Waals surface area (Å²) in [5, 5.41) is 3.45. The van der Waals surface area contributed by atoms with E-state index in [4.69, 9.17) is 0 Å². The summed E-state index contributed by atoms with van der Waals surface area (Å²) in [5.74, 6) is -1.51. The lowest BCUT2D eigenvalue weighted by atomic mass is 10.1. The Bertz CT molecular complexity index is 821. The van der Waals surface area contributed by atoms with E-state index >= 15 is 0 Å². The normalized spacial score (nSPS) is 16.2. The van der Waals surface area contributed by atoms with Gasteiger partial charge in [-0.2, -0.15) is 13.2 Å². The van der Waals surface area contributed by atoms with E-state index in [1.165, 1.54) is 17.3 Å². The van der Waals surface area contributed by atoms with Crippen LogP contribution in [0.15, 0.2) is 23.3 Å². The zero-order valence-electron chi connectivity index (χ0n) is 13.3. The highest BCUT2D eigenvalue weighted by atomic mass is 19.4. The number of likely N-dealkylation sites (tertiary alicyclic amines) is 1. The highest BCUT2D eigenvalue weighted by Crippen LogP contribution is 2.28. The number of rotatable bonds is 2. The number of alkyl halides is 3. The molecule has 25 heavy (non-hydrogen) atoms. The van der Waals surface area contributed by atoms with Gasteiger partial charge in [-0.15, -0.1) is 5.10 Å². The third kappa shape index (κ3) is 3.26. The lowest BCUT2D eigenvalue weighted by Gasteiger charge is -2.31. The van der Waals surface area contributed by atoms with Gasteiger partial charge in [0.15, 0.2) is 0 Å². The molecular weight excluding hydrogens is 341 g/mol. The molecule has 1 aliphatic rings. The van der Waals surface area contributed by atoms with E-state index in [1.54, 1.807) is 6.07 Å². The lowest BCUT2D eigenvalue weighted by molar-refractivity contribution is -0.147. The van der Waals surface area contributed by atoms with Crippen LogP contribution in [0, 0.1) is 0 Å². The predicted molar refractivity (Wildman–Crippen MR) is 78.7 cm³/mol. The fourth-order valence-electron chi connectivity index (χ4n) is 2.81. The maximum atomic E-state index is 12.9. The Labute approximate surface area is 139 Å². The Morgan fingerprint density at radius 1 is 1.20 bits per heavy atom. The van der Waals surface area contributed by atoms with Crippen molar-refractivity contribution < 1.29 is 18.0 Å². The quantitative estimate of drug-likeness (QED) is 0.797. The third-order valence-corrected chi connectivity index (χ3v) is 4.11. The molecule has 0 saturated carbocycles. The van der Waals surface area contributed by atoms with Crippen molar-refractivity contribution in [1.82, 2.24) is 29.2 Å². The molecule has 1 fully saturated rings. The number of hydrogen-bond donors (Lipinski definition) is 0. The van der Waals surface area contributed by atoms with E-state index in [1.807, 2.05) is 0 Å². The van der Waals surface area contributed by atoms with E-state index in [-0.39, 0.29) is 24.8 Å². The molecule has 0 unspecified atom stereocenters. The number of amides is 1. The summed E-state index contributed by atoms with van der Waals surface area (Å²) < 4.78 is 39.9. The largest absolute Gasteiger partial charge is 0.451 e. The van der Waals surface area contributed by atoms with Gasteiger partial charge in [0, 0.05) is 32.5 Å². The first kappa shape index (κ1) is 17.1. The molecule has 134 valence electrons. The Morgan fingerprint density at radius 3 is 2.32 bits per heavy atom.